The number of nitrogens with zero attached hydrogens (tertiary/aromatic N) is 1. The molecule has 0 fully saturated rings. The van der Waals surface area contributed by atoms with Crippen molar-refractivity contribution in [2.45, 2.75) is 13.8 Å². The third-order valence-corrected chi connectivity index (χ3v) is 1.31. The molecule has 0 aliphatic carbocycles. The van der Waals surface area contributed by atoms with E-state index < -0.39 is 5.97 Å². The zero-order valence-electron chi connectivity index (χ0n) is 6.83. The minimum absolute atomic E-state index is 0.372. The molecule has 12 heavy (non-hydrogen) atoms. The highest BCUT2D eigenvalue weighted by molar-refractivity contribution is 5.68. The molecule has 5 heteroatoms. The van der Waals surface area contributed by atoms with Crippen LogP contribution in [0.3, 0.4) is 0 Å². The lowest BCUT2D eigenvalue weighted by molar-refractivity contribution is -0.139. The van der Waals surface area contributed by atoms with Gasteiger partial charge >= 0.3 is 5.97 Å². The molecule has 0 aliphatic heterocycles. The first-order chi connectivity index (χ1) is 5.61. The number of carboxylic acid groups (broad SMARTS) is 1. The number of aryl methyl sites for hydroxylation is 2. The maximum absolute atomic E-state index is 10.1. The highest BCUT2D eigenvalue weighted by Crippen LogP contribution is 2.21. The molecule has 0 aliphatic rings. The summed E-state index contributed by atoms with van der Waals surface area (Å²) >= 11 is 0. The van der Waals surface area contributed by atoms with E-state index in [9.17, 15) is 4.79 Å². The normalized spacial score (nSPS) is 9.83. The molecule has 0 bridgehead atoms. The monoisotopic (exact) mass is 171 g/mol. The Bertz CT molecular complexity index is 272. The summed E-state index contributed by atoms with van der Waals surface area (Å²) in [5.74, 6) is -0.110. The van der Waals surface area contributed by atoms with Crippen molar-refractivity contribution in [1.29, 1.82) is 0 Å². The van der Waals surface area contributed by atoms with Crippen molar-refractivity contribution in [3.05, 3.63) is 11.5 Å². The molecule has 66 valence electrons. The van der Waals surface area contributed by atoms with Crippen LogP contribution in [0.5, 0.6) is 5.75 Å². The van der Waals surface area contributed by atoms with E-state index in [0.29, 0.717) is 17.2 Å². The maximum atomic E-state index is 10.1. The molecular formula is C7H9NO4. The predicted molar refractivity (Wildman–Crippen MR) is 39.1 cm³/mol. The smallest absolute Gasteiger partial charge is 0.341 e. The highest BCUT2D eigenvalue weighted by atomic mass is 16.5. The van der Waals surface area contributed by atoms with Crippen LogP contribution < -0.4 is 4.74 Å². The number of carboxylic acids is 1. The SMILES string of the molecule is Cc1noc(C)c1OCC(=O)O. The molecular weight excluding hydrogens is 162 g/mol. The van der Waals surface area contributed by atoms with Crippen molar-refractivity contribution < 1.29 is 19.2 Å². The Morgan fingerprint density at radius 3 is 2.75 bits per heavy atom. The standard InChI is InChI=1S/C7H9NO4/c1-4-7(5(2)12-8-4)11-3-6(9)10/h3H2,1-2H3,(H,9,10). The lowest BCUT2D eigenvalue weighted by Crippen LogP contribution is -2.10. The molecule has 0 radical (unpaired) electrons. The van der Waals surface area contributed by atoms with Crippen LogP contribution in [0.2, 0.25) is 0 Å². The van der Waals surface area contributed by atoms with Gasteiger partial charge in [0.1, 0.15) is 5.69 Å². The second-order valence-electron chi connectivity index (χ2n) is 2.34. The van der Waals surface area contributed by atoms with Gasteiger partial charge in [0.15, 0.2) is 18.1 Å². The van der Waals surface area contributed by atoms with Crippen LogP contribution in [-0.2, 0) is 4.79 Å². The van der Waals surface area contributed by atoms with Crippen LogP contribution in [0.4, 0.5) is 0 Å². The van der Waals surface area contributed by atoms with Crippen molar-refractivity contribution in [3.63, 3.8) is 0 Å². The van der Waals surface area contributed by atoms with Gasteiger partial charge in [-0.2, -0.15) is 0 Å². The number of aromatic nitrogens is 1. The molecule has 0 unspecified atom stereocenters. The Hall–Kier alpha value is -1.52. The van der Waals surface area contributed by atoms with E-state index in [1.165, 1.54) is 0 Å². The summed E-state index contributed by atoms with van der Waals surface area (Å²) in [6.45, 7) is 2.98. The average molecular weight is 171 g/mol. The first-order valence-electron chi connectivity index (χ1n) is 3.38. The van der Waals surface area contributed by atoms with Crippen LogP contribution in [0.15, 0.2) is 4.52 Å². The summed E-state index contributed by atoms with van der Waals surface area (Å²) in [4.78, 5) is 10.1. The summed E-state index contributed by atoms with van der Waals surface area (Å²) in [5, 5.41) is 11.9. The molecule has 0 atom stereocenters. The molecule has 1 rings (SSSR count). The second kappa shape index (κ2) is 3.25. The molecule has 0 spiro atoms. The average Bonchev–Trinajstić information content (AvgIpc) is 2.28. The molecule has 0 saturated carbocycles. The third kappa shape index (κ3) is 1.75. The summed E-state index contributed by atoms with van der Waals surface area (Å²) in [7, 11) is 0. The Morgan fingerprint density at radius 1 is 1.67 bits per heavy atom. The first kappa shape index (κ1) is 8.58. The predicted octanol–water partition coefficient (Wildman–Crippen LogP) is 0.755. The fourth-order valence-electron chi connectivity index (χ4n) is 0.815. The number of carbonyl (C=O) groups is 1. The van der Waals surface area contributed by atoms with Crippen molar-refractivity contribution in [3.8, 4) is 5.75 Å². The van der Waals surface area contributed by atoms with Gasteiger partial charge < -0.3 is 14.4 Å². The van der Waals surface area contributed by atoms with Crippen LogP contribution in [0, 0.1) is 13.8 Å². The number of ether oxygens (including phenoxy) is 1. The van der Waals surface area contributed by atoms with Crippen molar-refractivity contribution in [2.24, 2.45) is 0 Å². The van der Waals surface area contributed by atoms with Crippen molar-refractivity contribution in [2.75, 3.05) is 6.61 Å². The number of hydrogen-bond donors (Lipinski definition) is 1. The largest absolute Gasteiger partial charge is 0.479 e. The van der Waals surface area contributed by atoms with Gasteiger partial charge in [0.2, 0.25) is 0 Å². The van der Waals surface area contributed by atoms with Gasteiger partial charge in [0, 0.05) is 6.92 Å². The molecule has 0 saturated heterocycles. The van der Waals surface area contributed by atoms with Crippen molar-refractivity contribution in [1.82, 2.24) is 5.16 Å². The Morgan fingerprint density at radius 2 is 2.33 bits per heavy atom. The summed E-state index contributed by atoms with van der Waals surface area (Å²) in [6.07, 6.45) is 0. The summed E-state index contributed by atoms with van der Waals surface area (Å²) in [5.41, 5.74) is 0.564. The van der Waals surface area contributed by atoms with Gasteiger partial charge in [0.05, 0.1) is 0 Å². The molecule has 5 nitrogen and oxygen atoms in total. The Kier molecular flexibility index (Phi) is 2.32. The molecule has 1 N–H and O–H groups in total. The molecule has 0 aromatic carbocycles. The Balaban J connectivity index is 2.68. The number of aliphatic carboxylic acids is 1. The topological polar surface area (TPSA) is 72.6 Å². The highest BCUT2D eigenvalue weighted by Gasteiger charge is 2.11. The zero-order chi connectivity index (χ0) is 9.14. The van der Waals surface area contributed by atoms with Crippen LogP contribution in [0.25, 0.3) is 0 Å². The van der Waals surface area contributed by atoms with E-state index in [-0.39, 0.29) is 6.61 Å². The van der Waals surface area contributed by atoms with Gasteiger partial charge in [-0.05, 0) is 6.92 Å². The molecule has 1 aromatic heterocycles. The third-order valence-electron chi connectivity index (χ3n) is 1.31. The summed E-state index contributed by atoms with van der Waals surface area (Å²) < 4.78 is 9.67. The van der Waals surface area contributed by atoms with Gasteiger partial charge in [0.25, 0.3) is 0 Å². The minimum atomic E-state index is -1.02. The number of rotatable bonds is 3. The lowest BCUT2D eigenvalue weighted by Gasteiger charge is -1.99. The Labute approximate surface area is 68.9 Å². The van der Waals surface area contributed by atoms with E-state index in [2.05, 4.69) is 5.16 Å². The van der Waals surface area contributed by atoms with Gasteiger partial charge in [-0.1, -0.05) is 5.16 Å². The lowest BCUT2D eigenvalue weighted by atomic mass is 10.4. The van der Waals surface area contributed by atoms with Crippen LogP contribution >= 0.6 is 0 Å². The number of hydrogen-bond acceptors (Lipinski definition) is 4. The van der Waals surface area contributed by atoms with E-state index in [1.807, 2.05) is 0 Å². The maximum Gasteiger partial charge on any atom is 0.341 e. The second-order valence-corrected chi connectivity index (χ2v) is 2.34. The van der Waals surface area contributed by atoms with E-state index in [4.69, 9.17) is 14.4 Å². The van der Waals surface area contributed by atoms with Gasteiger partial charge in [-0.3, -0.25) is 0 Å². The molecule has 1 heterocycles. The van der Waals surface area contributed by atoms with Gasteiger partial charge in [-0.25, -0.2) is 4.79 Å². The van der Waals surface area contributed by atoms with E-state index in [1.54, 1.807) is 13.8 Å². The quantitative estimate of drug-likeness (QED) is 0.726. The molecule has 1 aromatic rings. The van der Waals surface area contributed by atoms with E-state index in [0.717, 1.165) is 0 Å². The van der Waals surface area contributed by atoms with Crippen LogP contribution in [-0.4, -0.2) is 22.8 Å². The van der Waals surface area contributed by atoms with Crippen LogP contribution in [0.1, 0.15) is 11.5 Å². The molecule has 0 amide bonds. The minimum Gasteiger partial charge on any atom is -0.479 e. The first-order valence-corrected chi connectivity index (χ1v) is 3.38. The van der Waals surface area contributed by atoms with E-state index >= 15 is 0 Å². The van der Waals surface area contributed by atoms with Crippen molar-refractivity contribution >= 4 is 5.97 Å². The fraction of sp³-hybridized carbons (Fsp3) is 0.429. The fourth-order valence-corrected chi connectivity index (χ4v) is 0.815. The summed E-state index contributed by atoms with van der Waals surface area (Å²) in [6, 6.07) is 0. The van der Waals surface area contributed by atoms with Gasteiger partial charge in [-0.15, -0.1) is 0 Å². The zero-order valence-corrected chi connectivity index (χ0v) is 6.83.